The van der Waals surface area contributed by atoms with Crippen molar-refractivity contribution in [1.29, 1.82) is 0 Å². The number of ether oxygens (including phenoxy) is 2. The number of allylic oxidation sites excluding steroid dienone is 5. The van der Waals surface area contributed by atoms with Crippen molar-refractivity contribution in [2.75, 3.05) is 13.7 Å². The lowest BCUT2D eigenvalue weighted by molar-refractivity contribution is -0.121. The Morgan fingerprint density at radius 3 is 2.09 bits per heavy atom. The smallest absolute Gasteiger partial charge is 0.163 e. The summed E-state index contributed by atoms with van der Waals surface area (Å²) in [4.78, 5) is 24.2. The molecule has 1 aliphatic carbocycles. The van der Waals surface area contributed by atoms with Crippen LogP contribution in [0.5, 0.6) is 23.0 Å². The van der Waals surface area contributed by atoms with Crippen molar-refractivity contribution in [3.8, 4) is 23.0 Å². The van der Waals surface area contributed by atoms with Crippen LogP contribution in [0, 0.1) is 0 Å². The third kappa shape index (κ3) is 6.47. The second-order valence-electron chi connectivity index (χ2n) is 7.18. The average Bonchev–Trinajstić information content (AvgIpc) is 3.30. The zero-order valence-corrected chi connectivity index (χ0v) is 17.7. The number of carbonyl (C=O) groups is 2. The fraction of sp³-hybridized carbons (Fsp3) is 0.154. The molecule has 0 unspecified atom stereocenters. The molecule has 2 N–H and O–H groups in total. The highest BCUT2D eigenvalue weighted by atomic mass is 16.5. The maximum atomic E-state index is 12.1. The lowest BCUT2D eigenvalue weighted by Crippen LogP contribution is -2.02. The molecule has 0 heterocycles. The van der Waals surface area contributed by atoms with E-state index in [0.29, 0.717) is 29.2 Å². The van der Waals surface area contributed by atoms with E-state index >= 15 is 0 Å². The average molecular weight is 432 g/mol. The van der Waals surface area contributed by atoms with Gasteiger partial charge in [0.1, 0.15) is 6.61 Å². The predicted octanol–water partition coefficient (Wildman–Crippen LogP) is 4.63. The Balaban J connectivity index is 1.55. The summed E-state index contributed by atoms with van der Waals surface area (Å²) in [6.45, 7) is 0.375. The summed E-state index contributed by atoms with van der Waals surface area (Å²) in [6, 6.07) is 9.48. The second kappa shape index (κ2) is 10.8. The highest BCUT2D eigenvalue weighted by molar-refractivity contribution is 6.10. The van der Waals surface area contributed by atoms with E-state index in [0.717, 1.165) is 12.0 Å². The molecular weight excluding hydrogens is 408 g/mol. The van der Waals surface area contributed by atoms with Gasteiger partial charge in [0.2, 0.25) is 0 Å². The van der Waals surface area contributed by atoms with Crippen molar-refractivity contribution < 1.29 is 29.3 Å². The maximum Gasteiger partial charge on any atom is 0.163 e. The van der Waals surface area contributed by atoms with E-state index in [2.05, 4.69) is 0 Å². The zero-order valence-electron chi connectivity index (χ0n) is 17.7. The Kier molecular flexibility index (Phi) is 7.65. The lowest BCUT2D eigenvalue weighted by atomic mass is 10.1. The van der Waals surface area contributed by atoms with Crippen LogP contribution in [0.15, 0.2) is 72.4 Å². The molecular formula is C26H24O6. The molecule has 6 nitrogen and oxygen atoms in total. The van der Waals surface area contributed by atoms with E-state index in [-0.39, 0.29) is 29.5 Å². The Morgan fingerprint density at radius 1 is 0.938 bits per heavy atom. The molecule has 2 aromatic rings. The summed E-state index contributed by atoms with van der Waals surface area (Å²) < 4.78 is 10.7. The van der Waals surface area contributed by atoms with Gasteiger partial charge in [-0.3, -0.25) is 9.59 Å². The van der Waals surface area contributed by atoms with Gasteiger partial charge in [0.15, 0.2) is 34.6 Å². The number of methoxy groups -OCH3 is 1. The maximum absolute atomic E-state index is 12.1. The number of hydrogen-bond acceptors (Lipinski definition) is 6. The van der Waals surface area contributed by atoms with Crippen LogP contribution in [-0.4, -0.2) is 35.5 Å². The standard InChI is InChI=1S/C26H24O6/c1-31-25-14-18(8-12-23(25)29)6-10-21(27)16-22(28)11-7-19-9-13-24(30)26(15-19)32-17-20-4-2-3-5-20/h2-4,6-15,29-30H,5,16-17H2,1H3/b10-6+,11-7+. The lowest BCUT2D eigenvalue weighted by Gasteiger charge is -2.09. The Labute approximate surface area is 186 Å². The van der Waals surface area contributed by atoms with Crippen molar-refractivity contribution in [2.45, 2.75) is 12.8 Å². The predicted molar refractivity (Wildman–Crippen MR) is 123 cm³/mol. The summed E-state index contributed by atoms with van der Waals surface area (Å²) in [6.07, 6.45) is 12.3. The monoisotopic (exact) mass is 432 g/mol. The zero-order chi connectivity index (χ0) is 22.9. The third-order valence-electron chi connectivity index (χ3n) is 4.72. The fourth-order valence-corrected chi connectivity index (χ4v) is 2.98. The van der Waals surface area contributed by atoms with E-state index in [1.165, 1.54) is 31.4 Å². The number of phenols is 2. The van der Waals surface area contributed by atoms with Crippen LogP contribution in [0.25, 0.3) is 12.2 Å². The van der Waals surface area contributed by atoms with Crippen molar-refractivity contribution in [3.05, 3.63) is 83.5 Å². The highest BCUT2D eigenvalue weighted by Crippen LogP contribution is 2.29. The minimum absolute atomic E-state index is 0.00621. The van der Waals surface area contributed by atoms with E-state index in [1.807, 2.05) is 18.2 Å². The molecule has 0 saturated heterocycles. The quantitative estimate of drug-likeness (QED) is 0.420. The summed E-state index contributed by atoms with van der Waals surface area (Å²) in [7, 11) is 1.44. The summed E-state index contributed by atoms with van der Waals surface area (Å²) in [5, 5.41) is 19.6. The Bertz CT molecular complexity index is 1120. The molecule has 2 aromatic carbocycles. The number of carbonyl (C=O) groups excluding carboxylic acids is 2. The van der Waals surface area contributed by atoms with Gasteiger partial charge >= 0.3 is 0 Å². The first kappa shape index (κ1) is 22.6. The first-order chi connectivity index (χ1) is 15.4. The van der Waals surface area contributed by atoms with Gasteiger partial charge in [-0.25, -0.2) is 0 Å². The van der Waals surface area contributed by atoms with Crippen LogP contribution < -0.4 is 9.47 Å². The SMILES string of the molecule is COc1cc(/C=C/C(=O)CC(=O)/C=C/c2ccc(O)c(OCC3=CC=CC3)c2)ccc1O. The van der Waals surface area contributed by atoms with E-state index < -0.39 is 0 Å². The number of ketones is 2. The molecule has 0 aliphatic heterocycles. The molecule has 3 rings (SSSR count). The van der Waals surface area contributed by atoms with Gasteiger partial charge in [-0.05, 0) is 59.5 Å². The summed E-state index contributed by atoms with van der Waals surface area (Å²) >= 11 is 0. The number of aromatic hydroxyl groups is 2. The van der Waals surface area contributed by atoms with Crippen LogP contribution in [0.4, 0.5) is 0 Å². The van der Waals surface area contributed by atoms with Gasteiger partial charge in [-0.1, -0.05) is 42.5 Å². The minimum atomic E-state index is -0.347. The molecule has 0 amide bonds. The Morgan fingerprint density at radius 2 is 1.53 bits per heavy atom. The van der Waals surface area contributed by atoms with Crippen LogP contribution in [0.1, 0.15) is 24.0 Å². The molecule has 0 saturated carbocycles. The van der Waals surface area contributed by atoms with Crippen LogP contribution in [0.3, 0.4) is 0 Å². The van der Waals surface area contributed by atoms with Gasteiger partial charge in [-0.15, -0.1) is 0 Å². The number of benzene rings is 2. The molecule has 164 valence electrons. The van der Waals surface area contributed by atoms with Crippen LogP contribution in [0.2, 0.25) is 0 Å². The molecule has 0 aromatic heterocycles. The number of phenolic OH excluding ortho intramolecular Hbond substituents is 2. The van der Waals surface area contributed by atoms with Gasteiger partial charge in [0.25, 0.3) is 0 Å². The van der Waals surface area contributed by atoms with Gasteiger partial charge in [0, 0.05) is 0 Å². The molecule has 1 aliphatic rings. The molecule has 32 heavy (non-hydrogen) atoms. The van der Waals surface area contributed by atoms with Crippen LogP contribution in [-0.2, 0) is 9.59 Å². The topological polar surface area (TPSA) is 93.1 Å². The molecule has 0 radical (unpaired) electrons. The molecule has 0 fully saturated rings. The fourth-order valence-electron chi connectivity index (χ4n) is 2.98. The third-order valence-corrected chi connectivity index (χ3v) is 4.72. The second-order valence-corrected chi connectivity index (χ2v) is 7.18. The molecule has 0 atom stereocenters. The van der Waals surface area contributed by atoms with Crippen LogP contribution >= 0.6 is 0 Å². The molecule has 6 heteroatoms. The highest BCUT2D eigenvalue weighted by Gasteiger charge is 2.08. The normalized spacial score (nSPS) is 13.0. The largest absolute Gasteiger partial charge is 0.504 e. The Hall–Kier alpha value is -4.06. The number of hydrogen-bond donors (Lipinski definition) is 2. The van der Waals surface area contributed by atoms with Gasteiger partial charge < -0.3 is 19.7 Å². The van der Waals surface area contributed by atoms with Crippen molar-refractivity contribution in [2.24, 2.45) is 0 Å². The van der Waals surface area contributed by atoms with E-state index in [1.54, 1.807) is 36.4 Å². The summed E-state index contributed by atoms with van der Waals surface area (Å²) in [5.74, 6) is -0.0401. The first-order valence-corrected chi connectivity index (χ1v) is 10.0. The minimum Gasteiger partial charge on any atom is -0.504 e. The molecule has 0 bridgehead atoms. The number of rotatable bonds is 10. The van der Waals surface area contributed by atoms with Gasteiger partial charge in [0.05, 0.1) is 13.5 Å². The van der Waals surface area contributed by atoms with Crippen molar-refractivity contribution in [3.63, 3.8) is 0 Å². The molecule has 0 spiro atoms. The van der Waals surface area contributed by atoms with Gasteiger partial charge in [-0.2, -0.15) is 0 Å². The van der Waals surface area contributed by atoms with E-state index in [9.17, 15) is 19.8 Å². The van der Waals surface area contributed by atoms with E-state index in [4.69, 9.17) is 9.47 Å². The van der Waals surface area contributed by atoms with Crippen molar-refractivity contribution in [1.82, 2.24) is 0 Å². The summed E-state index contributed by atoms with van der Waals surface area (Å²) in [5.41, 5.74) is 2.44. The van der Waals surface area contributed by atoms with Crippen molar-refractivity contribution >= 4 is 23.7 Å². The first-order valence-electron chi connectivity index (χ1n) is 10.0.